The van der Waals surface area contributed by atoms with Gasteiger partial charge in [0.25, 0.3) is 0 Å². The number of hydrogen-bond donors (Lipinski definition) is 1. The number of likely N-dealkylation sites (N-methyl/N-ethyl adjacent to an activating group) is 1. The highest BCUT2D eigenvalue weighted by Gasteiger charge is 2.10. The van der Waals surface area contributed by atoms with Crippen molar-refractivity contribution in [2.45, 2.75) is 13.1 Å². The van der Waals surface area contributed by atoms with Gasteiger partial charge in [0.2, 0.25) is 5.91 Å². The summed E-state index contributed by atoms with van der Waals surface area (Å²) in [6.07, 6.45) is 0. The number of hydrogen-bond acceptors (Lipinski definition) is 3. The molecule has 0 atom stereocenters. The van der Waals surface area contributed by atoms with Crippen molar-refractivity contribution in [2.75, 3.05) is 13.6 Å². The van der Waals surface area contributed by atoms with Gasteiger partial charge in [-0.25, -0.2) is 4.39 Å². The third-order valence-electron chi connectivity index (χ3n) is 3.82. The number of carbonyl (C=O) groups excluding carboxylic acids is 1. The van der Waals surface area contributed by atoms with E-state index in [4.69, 9.17) is 0 Å². The smallest absolute Gasteiger partial charge is 0.234 e. The number of rotatable bonds is 6. The summed E-state index contributed by atoms with van der Waals surface area (Å²) in [7, 11) is 1.93. The molecule has 1 amide bonds. The Labute approximate surface area is 144 Å². The third-order valence-corrected chi connectivity index (χ3v) is 4.83. The Bertz CT molecular complexity index is 829. The summed E-state index contributed by atoms with van der Waals surface area (Å²) < 4.78 is 14.1. The van der Waals surface area contributed by atoms with Gasteiger partial charge in [-0.1, -0.05) is 30.3 Å². The van der Waals surface area contributed by atoms with Crippen LogP contribution in [0.4, 0.5) is 4.39 Å². The molecule has 3 aromatic rings. The van der Waals surface area contributed by atoms with Crippen LogP contribution >= 0.6 is 11.3 Å². The fourth-order valence-electron chi connectivity index (χ4n) is 2.61. The van der Waals surface area contributed by atoms with E-state index in [0.29, 0.717) is 13.1 Å². The van der Waals surface area contributed by atoms with E-state index < -0.39 is 0 Å². The van der Waals surface area contributed by atoms with Crippen LogP contribution in [0.25, 0.3) is 10.1 Å². The Hall–Kier alpha value is -2.24. The fourth-order valence-corrected chi connectivity index (χ4v) is 3.56. The molecule has 1 N–H and O–H groups in total. The number of thiophene rings is 1. The van der Waals surface area contributed by atoms with E-state index in [1.165, 1.54) is 27.8 Å². The average Bonchev–Trinajstić information content (AvgIpc) is 2.97. The van der Waals surface area contributed by atoms with E-state index in [1.807, 2.05) is 24.1 Å². The lowest BCUT2D eigenvalue weighted by Gasteiger charge is -2.16. The first-order valence-electron chi connectivity index (χ1n) is 7.76. The van der Waals surface area contributed by atoms with E-state index >= 15 is 0 Å². The lowest BCUT2D eigenvalue weighted by molar-refractivity contribution is -0.122. The quantitative estimate of drug-likeness (QED) is 0.739. The molecule has 0 aliphatic carbocycles. The molecular formula is C19H19FN2OS. The van der Waals surface area contributed by atoms with Crippen LogP contribution < -0.4 is 5.32 Å². The van der Waals surface area contributed by atoms with Crippen LogP contribution in [-0.2, 0) is 17.9 Å². The molecular weight excluding hydrogens is 323 g/mol. The highest BCUT2D eigenvalue weighted by Crippen LogP contribution is 2.26. The van der Waals surface area contributed by atoms with Crippen molar-refractivity contribution < 1.29 is 9.18 Å². The molecule has 2 aromatic carbocycles. The molecule has 5 heteroatoms. The topological polar surface area (TPSA) is 32.3 Å². The van der Waals surface area contributed by atoms with E-state index in [2.05, 4.69) is 22.8 Å². The van der Waals surface area contributed by atoms with Crippen molar-refractivity contribution >= 4 is 27.3 Å². The Morgan fingerprint density at radius 2 is 1.92 bits per heavy atom. The maximum atomic E-state index is 12.9. The van der Waals surface area contributed by atoms with Gasteiger partial charge in [-0.05, 0) is 47.1 Å². The summed E-state index contributed by atoms with van der Waals surface area (Å²) in [5, 5.41) is 6.27. The summed E-state index contributed by atoms with van der Waals surface area (Å²) in [6.45, 7) is 1.47. The first kappa shape index (κ1) is 16.6. The number of benzene rings is 2. The normalized spacial score (nSPS) is 11.1. The lowest BCUT2D eigenvalue weighted by Crippen LogP contribution is -2.34. The van der Waals surface area contributed by atoms with Crippen molar-refractivity contribution in [3.8, 4) is 0 Å². The second kappa shape index (κ2) is 7.55. The van der Waals surface area contributed by atoms with Gasteiger partial charge in [0.1, 0.15) is 5.82 Å². The molecule has 24 heavy (non-hydrogen) atoms. The zero-order valence-corrected chi connectivity index (χ0v) is 14.3. The SMILES string of the molecule is CN(CC(=O)NCc1ccc(F)cc1)Cc1csc2ccccc12. The summed E-state index contributed by atoms with van der Waals surface area (Å²) in [5.74, 6) is -0.311. The highest BCUT2D eigenvalue weighted by molar-refractivity contribution is 7.17. The highest BCUT2D eigenvalue weighted by atomic mass is 32.1. The average molecular weight is 342 g/mol. The summed E-state index contributed by atoms with van der Waals surface area (Å²) >= 11 is 1.73. The van der Waals surface area contributed by atoms with Gasteiger partial charge >= 0.3 is 0 Å². The second-order valence-corrected chi connectivity index (χ2v) is 6.74. The van der Waals surface area contributed by atoms with Crippen LogP contribution in [0.1, 0.15) is 11.1 Å². The molecule has 0 bridgehead atoms. The Kier molecular flexibility index (Phi) is 5.23. The molecule has 1 aromatic heterocycles. The van der Waals surface area contributed by atoms with Crippen LogP contribution in [0.3, 0.4) is 0 Å². The maximum Gasteiger partial charge on any atom is 0.234 e. The van der Waals surface area contributed by atoms with Crippen LogP contribution in [0.15, 0.2) is 53.9 Å². The minimum absolute atomic E-state index is 0.0404. The first-order chi connectivity index (χ1) is 11.6. The Morgan fingerprint density at radius 3 is 2.71 bits per heavy atom. The number of halogens is 1. The maximum absolute atomic E-state index is 12.9. The van der Waals surface area contributed by atoms with Crippen molar-refractivity contribution in [2.24, 2.45) is 0 Å². The lowest BCUT2D eigenvalue weighted by atomic mass is 10.2. The minimum atomic E-state index is -0.271. The van der Waals surface area contributed by atoms with Gasteiger partial charge in [0, 0.05) is 17.8 Å². The van der Waals surface area contributed by atoms with Gasteiger partial charge in [-0.3, -0.25) is 9.69 Å². The van der Waals surface area contributed by atoms with Crippen molar-refractivity contribution in [1.29, 1.82) is 0 Å². The standard InChI is InChI=1S/C19H19FN2OS/c1-22(11-15-13-24-18-5-3-2-4-17(15)18)12-19(23)21-10-14-6-8-16(20)9-7-14/h2-9,13H,10-12H2,1H3,(H,21,23). The van der Waals surface area contributed by atoms with Crippen LogP contribution in [-0.4, -0.2) is 24.4 Å². The number of fused-ring (bicyclic) bond motifs is 1. The number of carbonyl (C=O) groups is 1. The molecule has 0 fully saturated rings. The Morgan fingerprint density at radius 1 is 1.17 bits per heavy atom. The molecule has 0 radical (unpaired) electrons. The zero-order chi connectivity index (χ0) is 16.9. The number of amides is 1. The molecule has 1 heterocycles. The predicted molar refractivity (Wildman–Crippen MR) is 96.4 cm³/mol. The van der Waals surface area contributed by atoms with Crippen molar-refractivity contribution in [3.63, 3.8) is 0 Å². The number of nitrogens with one attached hydrogen (secondary N) is 1. The van der Waals surface area contributed by atoms with Crippen molar-refractivity contribution in [1.82, 2.24) is 10.2 Å². The summed E-state index contributed by atoms with van der Waals surface area (Å²) in [5.41, 5.74) is 2.13. The van der Waals surface area contributed by atoms with Gasteiger partial charge in [0.05, 0.1) is 6.54 Å². The molecule has 0 spiro atoms. The van der Waals surface area contributed by atoms with Crippen molar-refractivity contribution in [3.05, 3.63) is 70.9 Å². The molecule has 0 aliphatic heterocycles. The molecule has 3 nitrogen and oxygen atoms in total. The van der Waals surface area contributed by atoms with E-state index in [1.54, 1.807) is 23.5 Å². The number of nitrogens with zero attached hydrogens (tertiary/aromatic N) is 1. The van der Waals surface area contributed by atoms with Gasteiger partial charge in [0.15, 0.2) is 0 Å². The fraction of sp³-hybridized carbons (Fsp3) is 0.211. The molecule has 0 unspecified atom stereocenters. The molecule has 0 saturated carbocycles. The molecule has 124 valence electrons. The van der Waals surface area contributed by atoms with Gasteiger partial charge < -0.3 is 5.32 Å². The van der Waals surface area contributed by atoms with E-state index in [0.717, 1.165) is 12.1 Å². The summed E-state index contributed by atoms with van der Waals surface area (Å²) in [4.78, 5) is 14.1. The minimum Gasteiger partial charge on any atom is -0.351 e. The second-order valence-electron chi connectivity index (χ2n) is 5.83. The van der Waals surface area contributed by atoms with Crippen LogP contribution in [0.5, 0.6) is 0 Å². The van der Waals surface area contributed by atoms with Gasteiger partial charge in [-0.15, -0.1) is 11.3 Å². The third kappa shape index (κ3) is 4.19. The van der Waals surface area contributed by atoms with Gasteiger partial charge in [-0.2, -0.15) is 0 Å². The molecule has 0 aliphatic rings. The Balaban J connectivity index is 1.51. The largest absolute Gasteiger partial charge is 0.351 e. The van der Waals surface area contributed by atoms with Crippen LogP contribution in [0.2, 0.25) is 0 Å². The monoisotopic (exact) mass is 342 g/mol. The predicted octanol–water partition coefficient (Wildman–Crippen LogP) is 3.79. The van der Waals surface area contributed by atoms with E-state index in [9.17, 15) is 9.18 Å². The first-order valence-corrected chi connectivity index (χ1v) is 8.64. The molecule has 3 rings (SSSR count). The summed E-state index contributed by atoms with van der Waals surface area (Å²) in [6, 6.07) is 14.4. The van der Waals surface area contributed by atoms with E-state index in [-0.39, 0.29) is 11.7 Å². The van der Waals surface area contributed by atoms with Crippen LogP contribution in [0, 0.1) is 5.82 Å². The zero-order valence-electron chi connectivity index (χ0n) is 13.5. The molecule has 0 saturated heterocycles.